The van der Waals surface area contributed by atoms with Gasteiger partial charge in [-0.2, -0.15) is 0 Å². The number of pyridine rings is 1. The largest absolute Gasteiger partial charge is 0.397 e. The van der Waals surface area contributed by atoms with E-state index in [4.69, 9.17) is 5.73 Å². The molecule has 1 unspecified atom stereocenters. The minimum Gasteiger partial charge on any atom is -0.397 e. The first-order chi connectivity index (χ1) is 19.0. The number of aromatic nitrogens is 1. The lowest BCUT2D eigenvalue weighted by Gasteiger charge is -2.21. The Morgan fingerprint density at radius 3 is 2.41 bits per heavy atom. The van der Waals surface area contributed by atoms with Crippen LogP contribution in [0.3, 0.4) is 0 Å². The zero-order valence-electron chi connectivity index (χ0n) is 22.1. The molecule has 0 saturated carbocycles. The van der Waals surface area contributed by atoms with E-state index in [1.807, 2.05) is 90.8 Å². The molecule has 3 N–H and O–H groups in total. The number of nitrogens with two attached hydrogens (primary N) is 1. The van der Waals surface area contributed by atoms with Crippen LogP contribution >= 0.6 is 0 Å². The van der Waals surface area contributed by atoms with Crippen molar-refractivity contribution in [3.05, 3.63) is 108 Å². The zero-order chi connectivity index (χ0) is 27.2. The molecule has 0 spiro atoms. The minimum atomic E-state index is -0.261. The molecule has 198 valence electrons. The molecular weight excluding hydrogens is 486 g/mol. The Morgan fingerprint density at radius 1 is 0.949 bits per heavy atom. The highest BCUT2D eigenvalue weighted by atomic mass is 16.2. The van der Waals surface area contributed by atoms with E-state index in [-0.39, 0.29) is 11.8 Å². The van der Waals surface area contributed by atoms with Crippen molar-refractivity contribution in [2.75, 3.05) is 42.6 Å². The van der Waals surface area contributed by atoms with E-state index in [1.165, 1.54) is 0 Å². The molecule has 0 radical (unpaired) electrons. The van der Waals surface area contributed by atoms with Crippen LogP contribution in [0.5, 0.6) is 0 Å². The molecule has 39 heavy (non-hydrogen) atoms. The highest BCUT2D eigenvalue weighted by Gasteiger charge is 2.27. The van der Waals surface area contributed by atoms with Gasteiger partial charge in [-0.25, -0.2) is 4.98 Å². The number of carbonyl (C=O) groups excluding carboxylic acids is 2. The number of hydrogen-bond acceptors (Lipinski definition) is 5. The van der Waals surface area contributed by atoms with Crippen LogP contribution in [0.2, 0.25) is 0 Å². The van der Waals surface area contributed by atoms with Crippen molar-refractivity contribution >= 4 is 29.0 Å². The standard InChI is InChI=1S/C32H33N5O2/c1-36(18-16-23-17-19-37(22-23)32(39)25-10-6-3-7-11-25)30-15-13-27(21-34-30)31(38)35-29-20-26(12-14-28(29)33)24-8-4-2-5-9-24/h2-15,20-21,23H,16-19,22,33H2,1H3,(H,35,38). The lowest BCUT2D eigenvalue weighted by molar-refractivity contribution is 0.0786. The monoisotopic (exact) mass is 519 g/mol. The van der Waals surface area contributed by atoms with Crippen LogP contribution < -0.4 is 16.0 Å². The van der Waals surface area contributed by atoms with Crippen molar-refractivity contribution in [3.63, 3.8) is 0 Å². The van der Waals surface area contributed by atoms with Crippen LogP contribution in [-0.4, -0.2) is 48.4 Å². The second-order valence-corrected chi connectivity index (χ2v) is 10.0. The topological polar surface area (TPSA) is 91.6 Å². The molecule has 1 saturated heterocycles. The number of amides is 2. The van der Waals surface area contributed by atoms with E-state index in [0.29, 0.717) is 22.9 Å². The van der Waals surface area contributed by atoms with Crippen molar-refractivity contribution in [1.29, 1.82) is 0 Å². The summed E-state index contributed by atoms with van der Waals surface area (Å²) in [7, 11) is 2.00. The van der Waals surface area contributed by atoms with Gasteiger partial charge in [-0.15, -0.1) is 0 Å². The van der Waals surface area contributed by atoms with Gasteiger partial charge in [0.2, 0.25) is 0 Å². The summed E-state index contributed by atoms with van der Waals surface area (Å²) in [5.74, 6) is 1.10. The number of nitrogens with zero attached hydrogens (tertiary/aromatic N) is 3. The van der Waals surface area contributed by atoms with Crippen LogP contribution in [0.15, 0.2) is 97.2 Å². The molecule has 5 rings (SSSR count). The van der Waals surface area contributed by atoms with E-state index in [9.17, 15) is 9.59 Å². The lowest BCUT2D eigenvalue weighted by atomic mass is 10.0. The fourth-order valence-corrected chi connectivity index (χ4v) is 4.92. The molecule has 1 fully saturated rings. The minimum absolute atomic E-state index is 0.107. The third kappa shape index (κ3) is 6.26. The summed E-state index contributed by atoms with van der Waals surface area (Å²) in [5, 5.41) is 2.92. The molecule has 0 aliphatic carbocycles. The molecule has 1 aliphatic rings. The van der Waals surface area contributed by atoms with E-state index < -0.39 is 0 Å². The predicted molar refractivity (Wildman–Crippen MR) is 157 cm³/mol. The van der Waals surface area contributed by atoms with Gasteiger partial charge in [0.05, 0.1) is 16.9 Å². The van der Waals surface area contributed by atoms with E-state index in [1.54, 1.807) is 18.3 Å². The fraction of sp³-hybridized carbons (Fsp3) is 0.219. The van der Waals surface area contributed by atoms with Gasteiger partial charge >= 0.3 is 0 Å². The number of nitrogen functional groups attached to an aromatic ring is 1. The van der Waals surface area contributed by atoms with Crippen LogP contribution in [0.4, 0.5) is 17.2 Å². The summed E-state index contributed by atoms with van der Waals surface area (Å²) in [6.07, 6.45) is 3.57. The number of hydrogen-bond donors (Lipinski definition) is 2. The highest BCUT2D eigenvalue weighted by molar-refractivity contribution is 6.06. The van der Waals surface area contributed by atoms with E-state index >= 15 is 0 Å². The fourth-order valence-electron chi connectivity index (χ4n) is 4.92. The maximum absolute atomic E-state index is 12.9. The number of carbonyl (C=O) groups is 2. The van der Waals surface area contributed by atoms with Crippen molar-refractivity contribution in [1.82, 2.24) is 9.88 Å². The summed E-state index contributed by atoms with van der Waals surface area (Å²) in [4.78, 5) is 34.2. The zero-order valence-corrected chi connectivity index (χ0v) is 22.1. The SMILES string of the molecule is CN(CCC1CCN(C(=O)c2ccccc2)C1)c1ccc(C(=O)Nc2cc(-c3ccccc3)ccc2N)cn1. The maximum Gasteiger partial charge on any atom is 0.257 e. The third-order valence-electron chi connectivity index (χ3n) is 7.28. The molecule has 3 aromatic carbocycles. The van der Waals surface area contributed by atoms with E-state index in [2.05, 4.69) is 15.2 Å². The van der Waals surface area contributed by atoms with Gasteiger partial charge < -0.3 is 20.9 Å². The highest BCUT2D eigenvalue weighted by Crippen LogP contribution is 2.28. The van der Waals surface area contributed by atoms with Crippen molar-refractivity contribution < 1.29 is 9.59 Å². The van der Waals surface area contributed by atoms with Crippen LogP contribution in [-0.2, 0) is 0 Å². The third-order valence-corrected chi connectivity index (χ3v) is 7.28. The van der Waals surface area contributed by atoms with Gasteiger partial charge in [0.15, 0.2) is 0 Å². The molecule has 7 nitrogen and oxygen atoms in total. The molecule has 1 aromatic heterocycles. The first-order valence-corrected chi connectivity index (χ1v) is 13.3. The van der Waals surface area contributed by atoms with Gasteiger partial charge in [0, 0.05) is 38.4 Å². The van der Waals surface area contributed by atoms with Crippen LogP contribution in [0.25, 0.3) is 11.1 Å². The second kappa shape index (κ2) is 11.8. The molecule has 0 bridgehead atoms. The Kier molecular flexibility index (Phi) is 7.87. The Hall–Kier alpha value is -4.65. The molecule has 1 atom stereocenters. The number of benzene rings is 3. The second-order valence-electron chi connectivity index (χ2n) is 10.0. The summed E-state index contributed by atoms with van der Waals surface area (Å²) >= 11 is 0. The summed E-state index contributed by atoms with van der Waals surface area (Å²) in [5.41, 5.74) is 10.4. The van der Waals surface area contributed by atoms with Crippen LogP contribution in [0, 0.1) is 5.92 Å². The molecule has 2 amide bonds. The smallest absolute Gasteiger partial charge is 0.257 e. The molecular formula is C32H33N5O2. The molecule has 2 heterocycles. The molecule has 7 heteroatoms. The predicted octanol–water partition coefficient (Wildman–Crippen LogP) is 5.57. The van der Waals surface area contributed by atoms with Gasteiger partial charge in [0.25, 0.3) is 11.8 Å². The number of likely N-dealkylation sites (tertiary alicyclic amines) is 1. The summed E-state index contributed by atoms with van der Waals surface area (Å²) in [6.45, 7) is 2.39. The maximum atomic E-state index is 12.9. The first kappa shape index (κ1) is 26.0. The van der Waals surface area contributed by atoms with Crippen molar-refractivity contribution in [2.45, 2.75) is 12.8 Å². The average Bonchev–Trinajstić information content (AvgIpc) is 3.47. The number of anilines is 3. The first-order valence-electron chi connectivity index (χ1n) is 13.3. The lowest BCUT2D eigenvalue weighted by Crippen LogP contribution is -2.29. The van der Waals surface area contributed by atoms with Gasteiger partial charge in [-0.3, -0.25) is 9.59 Å². The normalized spacial score (nSPS) is 14.7. The number of rotatable bonds is 8. The van der Waals surface area contributed by atoms with Crippen LogP contribution in [0.1, 0.15) is 33.6 Å². The van der Waals surface area contributed by atoms with E-state index in [0.717, 1.165) is 55.0 Å². The Labute approximate surface area is 229 Å². The summed E-state index contributed by atoms with van der Waals surface area (Å²) in [6, 6.07) is 28.7. The molecule has 1 aliphatic heterocycles. The van der Waals surface area contributed by atoms with Crippen molar-refractivity contribution in [3.8, 4) is 11.1 Å². The Bertz CT molecular complexity index is 1420. The average molecular weight is 520 g/mol. The van der Waals surface area contributed by atoms with Crippen molar-refractivity contribution in [2.24, 2.45) is 5.92 Å². The summed E-state index contributed by atoms with van der Waals surface area (Å²) < 4.78 is 0. The van der Waals surface area contributed by atoms with Gasteiger partial charge in [-0.05, 0) is 66.3 Å². The quantitative estimate of drug-likeness (QED) is 0.297. The Morgan fingerprint density at radius 2 is 1.69 bits per heavy atom. The Balaban J connectivity index is 1.14. The van der Waals surface area contributed by atoms with Gasteiger partial charge in [-0.1, -0.05) is 54.6 Å². The van der Waals surface area contributed by atoms with Gasteiger partial charge in [0.1, 0.15) is 5.82 Å². The number of nitrogens with one attached hydrogen (secondary N) is 1. The molecule has 4 aromatic rings.